The molecule has 0 N–H and O–H groups in total. The molecule has 0 aliphatic heterocycles. The fraction of sp³-hybridized carbons (Fsp3) is 0.188. The summed E-state index contributed by atoms with van der Waals surface area (Å²) in [6.45, 7) is 0. The molecule has 0 aromatic heterocycles. The number of carbonyl (C=O) groups is 1. The number of esters is 1. The van der Waals surface area contributed by atoms with E-state index in [0.717, 1.165) is 11.1 Å². The summed E-state index contributed by atoms with van der Waals surface area (Å²) in [7, 11) is 1.39. The summed E-state index contributed by atoms with van der Waals surface area (Å²) in [5.74, 6) is -0.609. The first-order chi connectivity index (χ1) is 10.2. The number of benzene rings is 2. The van der Waals surface area contributed by atoms with E-state index in [4.69, 9.17) is 10.3 Å². The summed E-state index contributed by atoms with van der Waals surface area (Å²) < 4.78 is 4.90. The molecule has 2 rings (SSSR count). The lowest BCUT2D eigenvalue weighted by molar-refractivity contribution is -0.142. The van der Waals surface area contributed by atoms with Crippen LogP contribution in [0.15, 0.2) is 59.7 Å². The molecule has 0 bridgehead atoms. The third-order valence-electron chi connectivity index (χ3n) is 3.22. The molecule has 1 unspecified atom stereocenters. The first-order valence-corrected chi connectivity index (χ1v) is 6.51. The van der Waals surface area contributed by atoms with Crippen LogP contribution in [-0.2, 0) is 16.0 Å². The second-order valence-electron chi connectivity index (χ2n) is 4.55. The van der Waals surface area contributed by atoms with E-state index in [0.29, 0.717) is 12.1 Å². The number of carbonyl (C=O) groups excluding carboxylic acids is 1. The zero-order valence-corrected chi connectivity index (χ0v) is 11.6. The SMILES string of the molecule is COC(=O)C(Cc1ccc(N=[N+]=[N-])cc1)c1ccccc1. The average molecular weight is 281 g/mol. The van der Waals surface area contributed by atoms with Gasteiger partial charge >= 0.3 is 5.97 Å². The number of nitrogens with zero attached hydrogens (tertiary/aromatic N) is 3. The van der Waals surface area contributed by atoms with Gasteiger partial charge < -0.3 is 4.74 Å². The van der Waals surface area contributed by atoms with Gasteiger partial charge in [-0.05, 0) is 23.1 Å². The Labute approximate surface area is 122 Å². The van der Waals surface area contributed by atoms with Gasteiger partial charge in [-0.2, -0.15) is 0 Å². The number of ether oxygens (including phenoxy) is 1. The largest absolute Gasteiger partial charge is 0.469 e. The molecule has 0 radical (unpaired) electrons. The highest BCUT2D eigenvalue weighted by molar-refractivity contribution is 5.78. The molecule has 2 aromatic carbocycles. The fourth-order valence-corrected chi connectivity index (χ4v) is 2.15. The Bertz CT molecular complexity index is 647. The highest BCUT2D eigenvalue weighted by Crippen LogP contribution is 2.23. The van der Waals surface area contributed by atoms with Crippen LogP contribution in [-0.4, -0.2) is 13.1 Å². The van der Waals surface area contributed by atoms with E-state index in [2.05, 4.69) is 10.0 Å². The quantitative estimate of drug-likeness (QED) is 0.357. The van der Waals surface area contributed by atoms with Crippen LogP contribution in [0.25, 0.3) is 10.4 Å². The minimum absolute atomic E-state index is 0.264. The third kappa shape index (κ3) is 3.84. The first kappa shape index (κ1) is 14.6. The smallest absolute Gasteiger partial charge is 0.313 e. The molecular formula is C16H15N3O2. The molecule has 5 heteroatoms. The van der Waals surface area contributed by atoms with E-state index in [-0.39, 0.29) is 11.9 Å². The van der Waals surface area contributed by atoms with Crippen LogP contribution < -0.4 is 0 Å². The van der Waals surface area contributed by atoms with Gasteiger partial charge in [0.15, 0.2) is 0 Å². The molecule has 0 fully saturated rings. The minimum Gasteiger partial charge on any atom is -0.469 e. The number of hydrogen-bond donors (Lipinski definition) is 0. The Kier molecular flexibility index (Phi) is 4.96. The summed E-state index contributed by atoms with van der Waals surface area (Å²) in [6, 6.07) is 16.7. The summed E-state index contributed by atoms with van der Waals surface area (Å²) in [5.41, 5.74) is 10.8. The van der Waals surface area contributed by atoms with Gasteiger partial charge in [0.25, 0.3) is 0 Å². The fourth-order valence-electron chi connectivity index (χ4n) is 2.15. The Morgan fingerprint density at radius 1 is 1.19 bits per heavy atom. The van der Waals surface area contributed by atoms with Crippen molar-refractivity contribution in [2.45, 2.75) is 12.3 Å². The van der Waals surface area contributed by atoms with Gasteiger partial charge in [0.2, 0.25) is 0 Å². The van der Waals surface area contributed by atoms with Gasteiger partial charge in [0, 0.05) is 10.6 Å². The molecule has 2 aromatic rings. The van der Waals surface area contributed by atoms with Gasteiger partial charge in [-0.1, -0.05) is 59.7 Å². The summed E-state index contributed by atoms with van der Waals surface area (Å²) >= 11 is 0. The summed E-state index contributed by atoms with van der Waals surface area (Å²) in [5, 5.41) is 3.53. The Hall–Kier alpha value is -2.78. The van der Waals surface area contributed by atoms with Crippen molar-refractivity contribution in [3.63, 3.8) is 0 Å². The van der Waals surface area contributed by atoms with Crippen LogP contribution in [0.2, 0.25) is 0 Å². The maximum atomic E-state index is 12.0. The minimum atomic E-state index is -0.346. The van der Waals surface area contributed by atoms with Crippen LogP contribution in [0.1, 0.15) is 17.0 Å². The van der Waals surface area contributed by atoms with E-state index in [1.807, 2.05) is 42.5 Å². The lowest BCUT2D eigenvalue weighted by atomic mass is 9.92. The van der Waals surface area contributed by atoms with E-state index in [9.17, 15) is 4.79 Å². The number of azide groups is 1. The predicted molar refractivity (Wildman–Crippen MR) is 80.2 cm³/mol. The highest BCUT2D eigenvalue weighted by atomic mass is 16.5. The topological polar surface area (TPSA) is 75.1 Å². The number of methoxy groups -OCH3 is 1. The van der Waals surface area contributed by atoms with Gasteiger partial charge in [-0.25, -0.2) is 0 Å². The molecule has 0 spiro atoms. The van der Waals surface area contributed by atoms with E-state index in [1.165, 1.54) is 7.11 Å². The Morgan fingerprint density at radius 2 is 1.86 bits per heavy atom. The van der Waals surface area contributed by atoms with E-state index >= 15 is 0 Å². The summed E-state index contributed by atoms with van der Waals surface area (Å²) in [6.07, 6.45) is 0.535. The molecule has 0 heterocycles. The van der Waals surface area contributed by atoms with Crippen LogP contribution in [0.4, 0.5) is 5.69 Å². The van der Waals surface area contributed by atoms with Crippen LogP contribution >= 0.6 is 0 Å². The van der Waals surface area contributed by atoms with Crippen molar-refractivity contribution >= 4 is 11.7 Å². The summed E-state index contributed by atoms with van der Waals surface area (Å²) in [4.78, 5) is 14.7. The maximum Gasteiger partial charge on any atom is 0.313 e. The molecule has 0 saturated carbocycles. The number of hydrogen-bond acceptors (Lipinski definition) is 3. The molecule has 21 heavy (non-hydrogen) atoms. The Balaban J connectivity index is 2.23. The molecule has 5 nitrogen and oxygen atoms in total. The Morgan fingerprint density at radius 3 is 2.43 bits per heavy atom. The zero-order chi connectivity index (χ0) is 15.1. The van der Waals surface area contributed by atoms with Gasteiger partial charge in [-0.3, -0.25) is 4.79 Å². The second-order valence-corrected chi connectivity index (χ2v) is 4.55. The average Bonchev–Trinajstić information content (AvgIpc) is 2.54. The van der Waals surface area contributed by atoms with Crippen LogP contribution in [0.3, 0.4) is 0 Å². The lowest BCUT2D eigenvalue weighted by Crippen LogP contribution is -2.16. The van der Waals surface area contributed by atoms with Crippen molar-refractivity contribution in [2.24, 2.45) is 5.11 Å². The lowest BCUT2D eigenvalue weighted by Gasteiger charge is -2.15. The molecule has 0 aliphatic carbocycles. The molecule has 0 saturated heterocycles. The molecule has 0 aliphatic rings. The first-order valence-electron chi connectivity index (χ1n) is 6.51. The molecule has 106 valence electrons. The standard InChI is InChI=1S/C16H15N3O2/c1-21-16(20)15(13-5-3-2-4-6-13)11-12-7-9-14(10-8-12)18-19-17/h2-10,15H,11H2,1H3. The van der Waals surface area contributed by atoms with Crippen LogP contribution in [0, 0.1) is 0 Å². The monoisotopic (exact) mass is 281 g/mol. The van der Waals surface area contributed by atoms with Crippen LogP contribution in [0.5, 0.6) is 0 Å². The molecule has 1 atom stereocenters. The van der Waals surface area contributed by atoms with Crippen molar-refractivity contribution < 1.29 is 9.53 Å². The maximum absolute atomic E-state index is 12.0. The predicted octanol–water partition coefficient (Wildman–Crippen LogP) is 4.13. The van der Waals surface area contributed by atoms with Crippen molar-refractivity contribution in [1.82, 2.24) is 0 Å². The zero-order valence-electron chi connectivity index (χ0n) is 11.6. The second kappa shape index (κ2) is 7.12. The third-order valence-corrected chi connectivity index (χ3v) is 3.22. The van der Waals surface area contributed by atoms with Crippen molar-refractivity contribution in [3.8, 4) is 0 Å². The van der Waals surface area contributed by atoms with E-state index < -0.39 is 0 Å². The van der Waals surface area contributed by atoms with Crippen molar-refractivity contribution in [2.75, 3.05) is 7.11 Å². The van der Waals surface area contributed by atoms with Gasteiger partial charge in [0.1, 0.15) is 0 Å². The van der Waals surface area contributed by atoms with Crippen molar-refractivity contribution in [3.05, 3.63) is 76.2 Å². The van der Waals surface area contributed by atoms with Gasteiger partial charge in [0.05, 0.1) is 13.0 Å². The molecular weight excluding hydrogens is 266 g/mol. The normalized spacial score (nSPS) is 11.3. The van der Waals surface area contributed by atoms with Gasteiger partial charge in [-0.15, -0.1) is 0 Å². The van der Waals surface area contributed by atoms with E-state index in [1.54, 1.807) is 12.1 Å². The highest BCUT2D eigenvalue weighted by Gasteiger charge is 2.21. The molecule has 0 amide bonds. The number of rotatable bonds is 5. The van der Waals surface area contributed by atoms with Crippen molar-refractivity contribution in [1.29, 1.82) is 0 Å².